The number of benzene rings is 2. The number of hydrogen-bond donors (Lipinski definition) is 2. The Bertz CT molecular complexity index is 954. The number of aryl methyl sites for hydroxylation is 1. The zero-order chi connectivity index (χ0) is 19.2. The highest BCUT2D eigenvalue weighted by atomic mass is 19.1. The van der Waals surface area contributed by atoms with E-state index in [0.29, 0.717) is 11.5 Å². The average molecular weight is 368 g/mol. The first-order valence-electron chi connectivity index (χ1n) is 8.17. The molecule has 3 rings (SSSR count). The molecular weight excluding hydrogens is 351 g/mol. The van der Waals surface area contributed by atoms with Gasteiger partial charge in [0.15, 0.2) is 0 Å². The number of hydrogen-bond acceptors (Lipinski definition) is 5. The summed E-state index contributed by atoms with van der Waals surface area (Å²) in [6, 6.07) is 12.9. The third kappa shape index (κ3) is 4.94. The van der Waals surface area contributed by atoms with Crippen molar-refractivity contribution in [3.63, 3.8) is 0 Å². The maximum atomic E-state index is 12.8. The van der Waals surface area contributed by atoms with E-state index in [0.717, 1.165) is 15.9 Å². The second-order valence-corrected chi connectivity index (χ2v) is 5.79. The first kappa shape index (κ1) is 18.2. The lowest BCUT2D eigenvalue weighted by Gasteiger charge is -2.06. The van der Waals surface area contributed by atoms with E-state index in [4.69, 9.17) is 0 Å². The molecule has 0 saturated carbocycles. The summed E-state index contributed by atoms with van der Waals surface area (Å²) >= 11 is 0. The zero-order valence-corrected chi connectivity index (χ0v) is 14.5. The number of carbonyl (C=O) groups excluding carboxylic acids is 2. The van der Waals surface area contributed by atoms with Crippen LogP contribution in [0, 0.1) is 12.7 Å². The van der Waals surface area contributed by atoms with Crippen molar-refractivity contribution in [3.8, 4) is 11.4 Å². The number of rotatable bonds is 6. The molecule has 0 radical (unpaired) electrons. The van der Waals surface area contributed by atoms with E-state index < -0.39 is 17.6 Å². The van der Waals surface area contributed by atoms with Crippen LogP contribution in [0.15, 0.2) is 48.5 Å². The summed E-state index contributed by atoms with van der Waals surface area (Å²) in [4.78, 5) is 24.9. The van der Waals surface area contributed by atoms with Crippen molar-refractivity contribution in [2.24, 2.45) is 0 Å². The van der Waals surface area contributed by atoms with E-state index in [1.807, 2.05) is 31.2 Å². The van der Waals surface area contributed by atoms with Crippen LogP contribution in [0.4, 0.5) is 10.1 Å². The summed E-state index contributed by atoms with van der Waals surface area (Å²) in [5.41, 5.74) is 2.28. The second kappa shape index (κ2) is 8.17. The third-order valence-electron chi connectivity index (χ3n) is 3.70. The first-order chi connectivity index (χ1) is 13.0. The van der Waals surface area contributed by atoms with Gasteiger partial charge in [-0.2, -0.15) is 4.80 Å². The van der Waals surface area contributed by atoms with Crippen LogP contribution in [0.3, 0.4) is 0 Å². The lowest BCUT2D eigenvalue weighted by molar-refractivity contribution is -0.124. The van der Waals surface area contributed by atoms with Crippen LogP contribution < -0.4 is 10.6 Å². The summed E-state index contributed by atoms with van der Waals surface area (Å²) in [5.74, 6) is -0.832. The maximum Gasteiger partial charge on any atom is 0.244 e. The molecule has 3 aromatic rings. The molecule has 2 aromatic carbocycles. The first-order valence-corrected chi connectivity index (χ1v) is 8.17. The van der Waals surface area contributed by atoms with Crippen molar-refractivity contribution in [3.05, 3.63) is 59.9 Å². The van der Waals surface area contributed by atoms with Gasteiger partial charge in [-0.1, -0.05) is 24.3 Å². The number of nitrogens with one attached hydrogen (secondary N) is 2. The lowest BCUT2D eigenvalue weighted by atomic mass is 10.1. The monoisotopic (exact) mass is 368 g/mol. The van der Waals surface area contributed by atoms with E-state index in [1.165, 1.54) is 24.3 Å². The van der Waals surface area contributed by atoms with Crippen LogP contribution in [0.1, 0.15) is 5.56 Å². The van der Waals surface area contributed by atoms with Crippen LogP contribution in [-0.2, 0) is 16.1 Å². The quantitative estimate of drug-likeness (QED) is 0.687. The van der Waals surface area contributed by atoms with Crippen molar-refractivity contribution in [1.29, 1.82) is 0 Å². The summed E-state index contributed by atoms with van der Waals surface area (Å²) in [6.45, 7) is 1.54. The van der Waals surface area contributed by atoms with Gasteiger partial charge in [-0.25, -0.2) is 4.39 Å². The number of tetrazole rings is 1. The van der Waals surface area contributed by atoms with Gasteiger partial charge in [0, 0.05) is 11.3 Å². The molecule has 0 aliphatic rings. The molecule has 0 aliphatic heterocycles. The van der Waals surface area contributed by atoms with Gasteiger partial charge in [0.05, 0.1) is 6.54 Å². The van der Waals surface area contributed by atoms with E-state index in [2.05, 4.69) is 26.0 Å². The minimum atomic E-state index is -0.432. The van der Waals surface area contributed by atoms with Crippen LogP contribution in [0.5, 0.6) is 0 Å². The van der Waals surface area contributed by atoms with E-state index in [9.17, 15) is 14.0 Å². The molecule has 1 aromatic heterocycles. The van der Waals surface area contributed by atoms with Crippen molar-refractivity contribution in [2.45, 2.75) is 13.5 Å². The molecule has 9 heteroatoms. The van der Waals surface area contributed by atoms with Gasteiger partial charge in [-0.3, -0.25) is 9.59 Å². The Hall–Kier alpha value is -3.62. The molecule has 27 heavy (non-hydrogen) atoms. The Labute approximate surface area is 154 Å². The minimum Gasteiger partial charge on any atom is -0.345 e. The molecule has 1 heterocycles. The Kier molecular flexibility index (Phi) is 5.50. The Morgan fingerprint density at radius 3 is 2.56 bits per heavy atom. The second-order valence-electron chi connectivity index (χ2n) is 5.79. The molecule has 8 nitrogen and oxygen atoms in total. The predicted molar refractivity (Wildman–Crippen MR) is 96.0 cm³/mol. The fourth-order valence-electron chi connectivity index (χ4n) is 2.34. The molecule has 0 atom stereocenters. The molecule has 2 amide bonds. The lowest BCUT2D eigenvalue weighted by Crippen LogP contribution is -2.35. The Balaban J connectivity index is 1.50. The molecule has 0 unspecified atom stereocenters. The number of halogens is 1. The zero-order valence-electron chi connectivity index (χ0n) is 14.5. The highest BCUT2D eigenvalue weighted by molar-refractivity contribution is 5.94. The largest absolute Gasteiger partial charge is 0.345 e. The third-order valence-corrected chi connectivity index (χ3v) is 3.70. The molecule has 0 bridgehead atoms. The summed E-state index contributed by atoms with van der Waals surface area (Å²) in [6.07, 6.45) is 0. The molecule has 138 valence electrons. The van der Waals surface area contributed by atoms with E-state index in [-0.39, 0.29) is 13.1 Å². The molecule has 0 saturated heterocycles. The molecule has 0 spiro atoms. The number of anilines is 1. The summed E-state index contributed by atoms with van der Waals surface area (Å²) < 4.78 is 12.8. The van der Waals surface area contributed by atoms with Crippen molar-refractivity contribution >= 4 is 17.5 Å². The topological polar surface area (TPSA) is 102 Å². The van der Waals surface area contributed by atoms with Gasteiger partial charge < -0.3 is 10.6 Å². The maximum absolute atomic E-state index is 12.8. The smallest absolute Gasteiger partial charge is 0.244 e. The van der Waals surface area contributed by atoms with Gasteiger partial charge in [0.2, 0.25) is 17.6 Å². The highest BCUT2D eigenvalue weighted by Crippen LogP contribution is 2.17. The van der Waals surface area contributed by atoms with Crippen molar-refractivity contribution in [1.82, 2.24) is 25.5 Å². The SMILES string of the molecule is Cc1ccccc1-c1nnn(CC(=O)NCC(=O)Nc2ccc(F)cc2)n1. The normalized spacial score (nSPS) is 10.4. The molecule has 0 aliphatic carbocycles. The molecular formula is C18H17FN6O2. The number of nitrogens with zero attached hydrogens (tertiary/aromatic N) is 4. The van der Waals surface area contributed by atoms with Crippen LogP contribution in [0.25, 0.3) is 11.4 Å². The highest BCUT2D eigenvalue weighted by Gasteiger charge is 2.11. The number of carbonyl (C=O) groups is 2. The van der Waals surface area contributed by atoms with Gasteiger partial charge in [0.25, 0.3) is 0 Å². The standard InChI is InChI=1S/C18H17FN6O2/c1-12-4-2-3-5-15(12)18-22-24-25(23-18)11-17(27)20-10-16(26)21-14-8-6-13(19)7-9-14/h2-9H,10-11H2,1H3,(H,20,27)(H,21,26). The fraction of sp³-hybridized carbons (Fsp3) is 0.167. The van der Waals surface area contributed by atoms with Crippen LogP contribution in [-0.4, -0.2) is 38.6 Å². The van der Waals surface area contributed by atoms with E-state index in [1.54, 1.807) is 0 Å². The summed E-state index contributed by atoms with van der Waals surface area (Å²) in [7, 11) is 0. The Morgan fingerprint density at radius 2 is 1.81 bits per heavy atom. The van der Waals surface area contributed by atoms with Crippen molar-refractivity contribution < 1.29 is 14.0 Å². The Morgan fingerprint density at radius 1 is 1.07 bits per heavy atom. The van der Waals surface area contributed by atoms with Crippen LogP contribution >= 0.6 is 0 Å². The van der Waals surface area contributed by atoms with Crippen LogP contribution in [0.2, 0.25) is 0 Å². The number of aromatic nitrogens is 4. The summed E-state index contributed by atoms with van der Waals surface area (Å²) in [5, 5.41) is 17.0. The predicted octanol–water partition coefficient (Wildman–Crippen LogP) is 1.54. The number of amides is 2. The van der Waals surface area contributed by atoms with Gasteiger partial charge >= 0.3 is 0 Å². The van der Waals surface area contributed by atoms with Crippen molar-refractivity contribution in [2.75, 3.05) is 11.9 Å². The van der Waals surface area contributed by atoms with Gasteiger partial charge in [-0.05, 0) is 42.0 Å². The molecule has 0 fully saturated rings. The van der Waals surface area contributed by atoms with Gasteiger partial charge in [0.1, 0.15) is 12.4 Å². The minimum absolute atomic E-state index is 0.164. The average Bonchev–Trinajstić information content (AvgIpc) is 3.10. The fourth-order valence-corrected chi connectivity index (χ4v) is 2.34. The van der Waals surface area contributed by atoms with Gasteiger partial charge in [-0.15, -0.1) is 10.2 Å². The molecule has 2 N–H and O–H groups in total. The van der Waals surface area contributed by atoms with E-state index >= 15 is 0 Å².